The van der Waals surface area contributed by atoms with Crippen molar-refractivity contribution in [2.75, 3.05) is 6.61 Å². The number of benzene rings is 3. The second kappa shape index (κ2) is 14.4. The number of hydrogen-bond acceptors (Lipinski definition) is 7. The van der Waals surface area contributed by atoms with Crippen LogP contribution < -0.4 is 0 Å². The number of carboxylic acids is 1. The highest BCUT2D eigenvalue weighted by atomic mass is 16.6. The van der Waals surface area contributed by atoms with Gasteiger partial charge in [-0.1, -0.05) is 91.0 Å². The van der Waals surface area contributed by atoms with Crippen LogP contribution in [0.5, 0.6) is 0 Å². The molecule has 0 bridgehead atoms. The van der Waals surface area contributed by atoms with Crippen LogP contribution in [0.1, 0.15) is 37.5 Å². The van der Waals surface area contributed by atoms with Crippen LogP contribution in [0.4, 0.5) is 0 Å². The van der Waals surface area contributed by atoms with Gasteiger partial charge >= 0.3 is 11.9 Å². The summed E-state index contributed by atoms with van der Waals surface area (Å²) >= 11 is 0. The fraction of sp³-hybridized carbons (Fsp3) is 0.394. The van der Waals surface area contributed by atoms with Crippen LogP contribution in [-0.4, -0.2) is 54.2 Å². The maximum absolute atomic E-state index is 12.6. The Morgan fingerprint density at radius 1 is 0.683 bits per heavy atom. The highest BCUT2D eigenvalue weighted by molar-refractivity contribution is 5.75. The maximum Gasteiger partial charge on any atom is 0.335 e. The molecule has 218 valence electrons. The van der Waals surface area contributed by atoms with E-state index >= 15 is 0 Å². The number of ether oxygens (including phenoxy) is 5. The van der Waals surface area contributed by atoms with Gasteiger partial charge in [0.1, 0.15) is 31.0 Å². The van der Waals surface area contributed by atoms with Crippen LogP contribution >= 0.6 is 0 Å². The monoisotopic (exact) mass is 562 g/mol. The fourth-order valence-electron chi connectivity index (χ4n) is 4.50. The molecule has 0 spiro atoms. The van der Waals surface area contributed by atoms with E-state index in [1.54, 1.807) is 20.8 Å². The third-order valence-corrected chi connectivity index (χ3v) is 6.72. The average Bonchev–Trinajstić information content (AvgIpc) is 2.97. The van der Waals surface area contributed by atoms with Crippen LogP contribution in [0.2, 0.25) is 0 Å². The van der Waals surface area contributed by atoms with Gasteiger partial charge in [0.25, 0.3) is 0 Å². The number of carbonyl (C=O) groups excluding carboxylic acids is 1. The predicted molar refractivity (Wildman–Crippen MR) is 152 cm³/mol. The minimum absolute atomic E-state index is 0.152. The van der Waals surface area contributed by atoms with Gasteiger partial charge in [-0.05, 0) is 37.5 Å². The third-order valence-electron chi connectivity index (χ3n) is 6.72. The van der Waals surface area contributed by atoms with Crippen molar-refractivity contribution in [3.8, 4) is 0 Å². The van der Waals surface area contributed by atoms with Gasteiger partial charge in [0.2, 0.25) is 0 Å². The first-order valence-electron chi connectivity index (χ1n) is 13.7. The van der Waals surface area contributed by atoms with E-state index in [0.29, 0.717) is 0 Å². The third kappa shape index (κ3) is 8.71. The molecule has 1 saturated heterocycles. The lowest BCUT2D eigenvalue weighted by molar-refractivity contribution is -0.270. The molecule has 1 fully saturated rings. The zero-order valence-electron chi connectivity index (χ0n) is 23.7. The summed E-state index contributed by atoms with van der Waals surface area (Å²) in [7, 11) is 0. The van der Waals surface area contributed by atoms with Crippen LogP contribution in [0, 0.1) is 5.41 Å². The van der Waals surface area contributed by atoms with Crippen LogP contribution in [-0.2, 0) is 53.1 Å². The molecule has 1 aliphatic heterocycles. The first-order valence-corrected chi connectivity index (χ1v) is 13.7. The molecule has 0 amide bonds. The van der Waals surface area contributed by atoms with Gasteiger partial charge in [-0.25, -0.2) is 4.79 Å². The minimum Gasteiger partial charge on any atom is -0.479 e. The number of esters is 1. The van der Waals surface area contributed by atoms with Gasteiger partial charge in [0.05, 0.1) is 25.2 Å². The summed E-state index contributed by atoms with van der Waals surface area (Å²) in [5, 5.41) is 10.2. The molecule has 3 aromatic rings. The first-order chi connectivity index (χ1) is 19.7. The Hall–Kier alpha value is -3.56. The molecule has 1 aliphatic rings. The van der Waals surface area contributed by atoms with E-state index < -0.39 is 47.9 Å². The van der Waals surface area contributed by atoms with Gasteiger partial charge in [-0.15, -0.1) is 0 Å². The van der Waals surface area contributed by atoms with E-state index in [1.165, 1.54) is 0 Å². The van der Waals surface area contributed by atoms with E-state index in [2.05, 4.69) is 0 Å². The Morgan fingerprint density at radius 2 is 1.10 bits per heavy atom. The van der Waals surface area contributed by atoms with Crippen molar-refractivity contribution in [1.29, 1.82) is 0 Å². The molecule has 4 rings (SSSR count). The van der Waals surface area contributed by atoms with Crippen molar-refractivity contribution in [1.82, 2.24) is 0 Å². The lowest BCUT2D eigenvalue weighted by Crippen LogP contribution is -2.63. The fourth-order valence-corrected chi connectivity index (χ4v) is 4.50. The summed E-state index contributed by atoms with van der Waals surface area (Å²) in [5.74, 6) is -1.64. The van der Waals surface area contributed by atoms with Gasteiger partial charge in [-0.2, -0.15) is 0 Å². The molecule has 3 aromatic carbocycles. The number of carbonyl (C=O) groups is 2. The van der Waals surface area contributed by atoms with Crippen molar-refractivity contribution >= 4 is 11.9 Å². The van der Waals surface area contributed by atoms with E-state index in [9.17, 15) is 14.7 Å². The standard InChI is InChI=1S/C33H38O8/c1-33(2,3)32(36)40-22-26-27(37-19-23-13-7-4-8-14-23)28(38-20-24-15-9-5-10-16-24)29(30(41-26)31(34)35)39-21-25-17-11-6-12-18-25/h4-18,26-30H,19-22H2,1-3H3,(H,34,35)/t26-,27-,28+,29-,30-/m0/s1. The summed E-state index contributed by atoms with van der Waals surface area (Å²) in [5.41, 5.74) is 1.96. The van der Waals surface area contributed by atoms with Crippen LogP contribution in [0.3, 0.4) is 0 Å². The van der Waals surface area contributed by atoms with Crippen molar-refractivity contribution in [2.24, 2.45) is 5.41 Å². The Kier molecular flexibility index (Phi) is 10.7. The number of rotatable bonds is 12. The maximum atomic E-state index is 12.6. The van der Waals surface area contributed by atoms with Gasteiger partial charge in [0, 0.05) is 0 Å². The first kappa shape index (κ1) is 30.4. The Morgan fingerprint density at radius 3 is 1.51 bits per heavy atom. The second-order valence-electron chi connectivity index (χ2n) is 11.1. The molecule has 0 saturated carbocycles. The van der Waals surface area contributed by atoms with Crippen LogP contribution in [0.15, 0.2) is 91.0 Å². The Balaban J connectivity index is 1.65. The second-order valence-corrected chi connectivity index (χ2v) is 11.1. The largest absolute Gasteiger partial charge is 0.479 e. The molecule has 0 aromatic heterocycles. The molecule has 0 unspecified atom stereocenters. The molecule has 5 atom stereocenters. The van der Waals surface area contributed by atoms with Crippen molar-refractivity contribution in [3.05, 3.63) is 108 Å². The smallest absolute Gasteiger partial charge is 0.335 e. The summed E-state index contributed by atoms with van der Waals surface area (Å²) < 4.78 is 30.7. The molecular weight excluding hydrogens is 524 g/mol. The van der Waals surface area contributed by atoms with E-state index in [4.69, 9.17) is 23.7 Å². The highest BCUT2D eigenvalue weighted by Crippen LogP contribution is 2.31. The number of carboxylic acid groups (broad SMARTS) is 1. The van der Waals surface area contributed by atoms with Gasteiger partial charge in [0.15, 0.2) is 6.10 Å². The lowest BCUT2D eigenvalue weighted by Gasteiger charge is -2.44. The topological polar surface area (TPSA) is 101 Å². The Labute approximate surface area is 241 Å². The van der Waals surface area contributed by atoms with E-state index in [1.807, 2.05) is 91.0 Å². The SMILES string of the molecule is CC(C)(C)C(=O)OC[C@@H]1O[C@H](C(=O)O)[C@@H](OCc2ccccc2)[C@H](OCc2ccccc2)[C@H]1OCc1ccccc1. The zero-order chi connectivity index (χ0) is 29.2. The molecule has 0 aliphatic carbocycles. The summed E-state index contributed by atoms with van der Waals surface area (Å²) in [4.78, 5) is 25.1. The quantitative estimate of drug-likeness (QED) is 0.301. The summed E-state index contributed by atoms with van der Waals surface area (Å²) in [6.07, 6.45) is -4.96. The zero-order valence-corrected chi connectivity index (χ0v) is 23.7. The number of aliphatic carboxylic acids is 1. The molecule has 1 heterocycles. The number of hydrogen-bond donors (Lipinski definition) is 1. The molecule has 0 radical (unpaired) electrons. The van der Waals surface area contributed by atoms with E-state index in [-0.39, 0.29) is 26.4 Å². The Bertz CT molecular complexity index is 1230. The van der Waals surface area contributed by atoms with E-state index in [0.717, 1.165) is 16.7 Å². The van der Waals surface area contributed by atoms with Crippen LogP contribution in [0.25, 0.3) is 0 Å². The predicted octanol–water partition coefficient (Wildman–Crippen LogP) is 5.18. The summed E-state index contributed by atoms with van der Waals surface area (Å²) in [6, 6.07) is 28.7. The lowest BCUT2D eigenvalue weighted by atomic mass is 9.93. The highest BCUT2D eigenvalue weighted by Gasteiger charge is 2.51. The van der Waals surface area contributed by atoms with Crippen molar-refractivity contribution in [2.45, 2.75) is 71.1 Å². The molecule has 8 nitrogen and oxygen atoms in total. The minimum atomic E-state index is -1.38. The molecular formula is C33H38O8. The normalized spacial score (nSPS) is 22.7. The van der Waals surface area contributed by atoms with Crippen molar-refractivity contribution < 1.29 is 38.4 Å². The molecule has 8 heteroatoms. The summed E-state index contributed by atoms with van der Waals surface area (Å²) in [6.45, 7) is 5.61. The van der Waals surface area contributed by atoms with Crippen molar-refractivity contribution in [3.63, 3.8) is 0 Å². The average molecular weight is 563 g/mol. The molecule has 1 N–H and O–H groups in total. The molecule has 41 heavy (non-hydrogen) atoms. The van der Waals surface area contributed by atoms with Gasteiger partial charge in [-0.3, -0.25) is 4.79 Å². The van der Waals surface area contributed by atoms with Gasteiger partial charge < -0.3 is 28.8 Å².